The average Bonchev–Trinajstić information content (AvgIpc) is 3.06. The summed E-state index contributed by atoms with van der Waals surface area (Å²) >= 11 is 0. The zero-order valence-electron chi connectivity index (χ0n) is 12.1. The van der Waals surface area contributed by atoms with Gasteiger partial charge >= 0.3 is 6.18 Å². The molecule has 1 saturated heterocycles. The number of hydrogen-bond acceptors (Lipinski definition) is 2. The fourth-order valence-electron chi connectivity index (χ4n) is 2.85. The van der Waals surface area contributed by atoms with Gasteiger partial charge in [0.15, 0.2) is 0 Å². The molecule has 0 spiro atoms. The van der Waals surface area contributed by atoms with Crippen LogP contribution in [-0.2, 0) is 23.9 Å². The second kappa shape index (κ2) is 6.07. The molecular weight excluding hydrogens is 319 g/mol. The van der Waals surface area contributed by atoms with Crippen LogP contribution in [0.5, 0.6) is 0 Å². The fourth-order valence-corrected chi connectivity index (χ4v) is 2.85. The van der Waals surface area contributed by atoms with Crippen LogP contribution >= 0.6 is 0 Å². The van der Waals surface area contributed by atoms with Gasteiger partial charge in [-0.25, -0.2) is 13.8 Å². The average molecular weight is 334 g/mol. The van der Waals surface area contributed by atoms with E-state index in [1.165, 1.54) is 10.6 Å². The van der Waals surface area contributed by atoms with Crippen molar-refractivity contribution in [3.8, 4) is 0 Å². The van der Waals surface area contributed by atoms with Gasteiger partial charge in [-0.15, -0.1) is 0 Å². The van der Waals surface area contributed by atoms with Crippen LogP contribution < -0.4 is 0 Å². The fraction of sp³-hybridized carbons (Fsp3) is 0.533. The van der Waals surface area contributed by atoms with E-state index in [4.69, 9.17) is 4.74 Å². The predicted octanol–water partition coefficient (Wildman–Crippen LogP) is 3.90. The number of nitrogens with zero attached hydrogens (tertiary/aromatic N) is 2. The third-order valence-electron chi connectivity index (χ3n) is 3.97. The molecule has 2 aromatic rings. The topological polar surface area (TPSA) is 27.1 Å². The Kier molecular flexibility index (Phi) is 4.27. The van der Waals surface area contributed by atoms with E-state index in [1.807, 2.05) is 0 Å². The van der Waals surface area contributed by atoms with Gasteiger partial charge in [0.25, 0.3) is 6.43 Å². The van der Waals surface area contributed by atoms with Crippen molar-refractivity contribution in [2.75, 3.05) is 13.2 Å². The second-order valence-electron chi connectivity index (χ2n) is 5.66. The summed E-state index contributed by atoms with van der Waals surface area (Å²) in [6.45, 7) is 0.463. The van der Waals surface area contributed by atoms with Gasteiger partial charge in [-0.05, 0) is 30.5 Å². The number of imidazole rings is 1. The normalized spacial score (nSPS) is 19.1. The smallest absolute Gasteiger partial charge is 0.381 e. The van der Waals surface area contributed by atoms with Crippen LogP contribution in [0.3, 0.4) is 0 Å². The Balaban J connectivity index is 2.03. The van der Waals surface area contributed by atoms with Crippen molar-refractivity contribution in [3.05, 3.63) is 29.6 Å². The molecule has 1 aliphatic heterocycles. The van der Waals surface area contributed by atoms with Crippen molar-refractivity contribution in [3.63, 3.8) is 0 Å². The van der Waals surface area contributed by atoms with Crippen molar-refractivity contribution in [2.24, 2.45) is 5.92 Å². The summed E-state index contributed by atoms with van der Waals surface area (Å²) in [5.41, 5.74) is -0.474. The van der Waals surface area contributed by atoms with Crippen LogP contribution in [0.2, 0.25) is 0 Å². The van der Waals surface area contributed by atoms with Gasteiger partial charge in [-0.1, -0.05) is 0 Å². The minimum atomic E-state index is -4.52. The molecular formula is C15H15F5N2O. The molecule has 0 amide bonds. The first kappa shape index (κ1) is 16.2. The Morgan fingerprint density at radius 3 is 2.70 bits per heavy atom. The molecule has 8 heteroatoms. The molecule has 0 radical (unpaired) electrons. The first-order valence-corrected chi connectivity index (χ1v) is 7.27. The molecule has 3 nitrogen and oxygen atoms in total. The second-order valence-corrected chi connectivity index (χ2v) is 5.66. The van der Waals surface area contributed by atoms with Crippen molar-refractivity contribution >= 4 is 11.0 Å². The molecule has 0 unspecified atom stereocenters. The summed E-state index contributed by atoms with van der Waals surface area (Å²) in [4.78, 5) is 4.26. The quantitative estimate of drug-likeness (QED) is 0.793. The van der Waals surface area contributed by atoms with Crippen molar-refractivity contribution < 1.29 is 26.7 Å². The molecule has 3 rings (SSSR count). The van der Waals surface area contributed by atoms with E-state index in [9.17, 15) is 22.0 Å². The molecule has 23 heavy (non-hydrogen) atoms. The summed E-state index contributed by atoms with van der Waals surface area (Å²) in [6.07, 6.45) is -5.97. The summed E-state index contributed by atoms with van der Waals surface area (Å²) in [7, 11) is 0. The van der Waals surface area contributed by atoms with E-state index in [2.05, 4.69) is 4.98 Å². The number of benzene rings is 1. The van der Waals surface area contributed by atoms with E-state index in [-0.39, 0.29) is 11.4 Å². The lowest BCUT2D eigenvalue weighted by Gasteiger charge is -2.12. The Bertz CT molecular complexity index is 689. The molecule has 1 aromatic carbocycles. The van der Waals surface area contributed by atoms with Gasteiger partial charge in [0.05, 0.1) is 23.1 Å². The summed E-state index contributed by atoms with van der Waals surface area (Å²) in [5.74, 6) is 0.542. The number of hydrogen-bond donors (Lipinski definition) is 0. The highest BCUT2D eigenvalue weighted by molar-refractivity contribution is 5.77. The maximum atomic E-state index is 12.9. The first-order chi connectivity index (χ1) is 10.8. The van der Waals surface area contributed by atoms with Gasteiger partial charge in [0.2, 0.25) is 0 Å². The van der Waals surface area contributed by atoms with E-state index in [0.717, 1.165) is 18.6 Å². The Morgan fingerprint density at radius 2 is 2.09 bits per heavy atom. The van der Waals surface area contributed by atoms with E-state index in [0.29, 0.717) is 31.0 Å². The Labute approximate surface area is 129 Å². The molecule has 1 atom stereocenters. The van der Waals surface area contributed by atoms with Crippen molar-refractivity contribution in [1.82, 2.24) is 9.55 Å². The highest BCUT2D eigenvalue weighted by atomic mass is 19.4. The van der Waals surface area contributed by atoms with Gasteiger partial charge in [0.1, 0.15) is 5.82 Å². The number of ether oxygens (including phenoxy) is 1. The van der Waals surface area contributed by atoms with Crippen LogP contribution in [0.4, 0.5) is 22.0 Å². The Morgan fingerprint density at radius 1 is 1.30 bits per heavy atom. The van der Waals surface area contributed by atoms with Gasteiger partial charge in [-0.3, -0.25) is 0 Å². The van der Waals surface area contributed by atoms with Crippen LogP contribution in [0, 0.1) is 5.92 Å². The van der Waals surface area contributed by atoms with Crippen molar-refractivity contribution in [2.45, 2.75) is 32.0 Å². The van der Waals surface area contributed by atoms with E-state index < -0.39 is 24.7 Å². The SMILES string of the molecule is FC(F)Cn1c(C[C@@H]2CCOC2)nc2ccc(C(F)(F)F)cc21. The molecule has 0 aliphatic carbocycles. The number of aromatic nitrogens is 2. The predicted molar refractivity (Wildman–Crippen MR) is 73.4 cm³/mol. The van der Waals surface area contributed by atoms with Crippen LogP contribution in [0.25, 0.3) is 11.0 Å². The monoisotopic (exact) mass is 334 g/mol. The highest BCUT2D eigenvalue weighted by Gasteiger charge is 2.31. The molecule has 126 valence electrons. The summed E-state index contributed by atoms with van der Waals surface area (Å²) < 4.78 is 70.7. The number of fused-ring (bicyclic) bond motifs is 1. The highest BCUT2D eigenvalue weighted by Crippen LogP contribution is 2.32. The minimum Gasteiger partial charge on any atom is -0.381 e. The molecule has 0 saturated carbocycles. The maximum Gasteiger partial charge on any atom is 0.416 e. The number of alkyl halides is 5. The van der Waals surface area contributed by atoms with Crippen LogP contribution in [0.1, 0.15) is 17.8 Å². The minimum absolute atomic E-state index is 0.0917. The lowest BCUT2D eigenvalue weighted by Crippen LogP contribution is -2.14. The van der Waals surface area contributed by atoms with Gasteiger partial charge in [-0.2, -0.15) is 13.2 Å². The Hall–Kier alpha value is -1.70. The lowest BCUT2D eigenvalue weighted by atomic mass is 10.0. The third kappa shape index (κ3) is 3.46. The zero-order chi connectivity index (χ0) is 16.6. The molecule has 0 bridgehead atoms. The zero-order valence-corrected chi connectivity index (χ0v) is 12.1. The van der Waals surface area contributed by atoms with Gasteiger partial charge < -0.3 is 9.30 Å². The van der Waals surface area contributed by atoms with Gasteiger partial charge in [0, 0.05) is 19.6 Å². The standard InChI is InChI=1S/C15H15F5N2O/c16-13(17)7-22-12-6-10(15(18,19)20)1-2-11(12)21-14(22)5-9-3-4-23-8-9/h1-2,6,9,13H,3-5,7-8H2/t9-/m0/s1. The molecule has 1 aromatic heterocycles. The summed E-state index contributed by atoms with van der Waals surface area (Å²) in [5, 5.41) is 0. The summed E-state index contributed by atoms with van der Waals surface area (Å²) in [6, 6.07) is 3.04. The van der Waals surface area contributed by atoms with Crippen LogP contribution in [-0.4, -0.2) is 29.2 Å². The maximum absolute atomic E-state index is 12.9. The largest absolute Gasteiger partial charge is 0.416 e. The number of halogens is 5. The first-order valence-electron chi connectivity index (χ1n) is 7.27. The number of rotatable bonds is 4. The molecule has 1 fully saturated rings. The van der Waals surface area contributed by atoms with Crippen molar-refractivity contribution in [1.29, 1.82) is 0 Å². The molecule has 0 N–H and O–H groups in total. The molecule has 2 heterocycles. The van der Waals surface area contributed by atoms with E-state index >= 15 is 0 Å². The third-order valence-corrected chi connectivity index (χ3v) is 3.97. The lowest BCUT2D eigenvalue weighted by molar-refractivity contribution is -0.137. The van der Waals surface area contributed by atoms with Crippen LogP contribution in [0.15, 0.2) is 18.2 Å². The van der Waals surface area contributed by atoms with E-state index in [1.54, 1.807) is 0 Å². The molecule has 1 aliphatic rings.